The average molecular weight is 390 g/mol. The van der Waals surface area contributed by atoms with Crippen molar-refractivity contribution in [2.45, 2.75) is 19.3 Å². The van der Waals surface area contributed by atoms with E-state index in [1.54, 1.807) is 10.7 Å². The lowest BCUT2D eigenvalue weighted by Gasteiger charge is -2.11. The maximum atomic E-state index is 4.96. The summed E-state index contributed by atoms with van der Waals surface area (Å²) in [7, 11) is 0. The Labute approximate surface area is 173 Å². The van der Waals surface area contributed by atoms with Crippen LogP contribution in [0.25, 0.3) is 33.5 Å². The van der Waals surface area contributed by atoms with Gasteiger partial charge in [-0.2, -0.15) is 5.10 Å². The highest BCUT2D eigenvalue weighted by atomic mass is 15.2. The molecule has 6 heteroatoms. The molecule has 1 aromatic carbocycles. The van der Waals surface area contributed by atoms with Crippen LogP contribution >= 0.6 is 0 Å². The summed E-state index contributed by atoms with van der Waals surface area (Å²) >= 11 is 0. The summed E-state index contributed by atoms with van der Waals surface area (Å²) in [6.07, 6.45) is 12.7. The summed E-state index contributed by atoms with van der Waals surface area (Å²) < 4.78 is 1.77. The molecule has 0 radical (unpaired) electrons. The largest absolute Gasteiger partial charge is 0.256 e. The highest BCUT2D eigenvalue weighted by molar-refractivity contribution is 5.84. The van der Waals surface area contributed by atoms with Crippen LogP contribution in [0.4, 0.5) is 0 Å². The van der Waals surface area contributed by atoms with Gasteiger partial charge in [0.25, 0.3) is 0 Å². The Morgan fingerprint density at radius 1 is 0.933 bits per heavy atom. The van der Waals surface area contributed by atoms with E-state index >= 15 is 0 Å². The first-order valence-corrected chi connectivity index (χ1v) is 10.1. The molecule has 144 valence electrons. The summed E-state index contributed by atoms with van der Waals surface area (Å²) in [6, 6.07) is 14.1. The van der Waals surface area contributed by atoms with Gasteiger partial charge in [0.05, 0.1) is 23.1 Å². The number of aryl methyl sites for hydroxylation is 1. The lowest BCUT2D eigenvalue weighted by atomic mass is 10.0. The molecule has 5 aromatic rings. The molecule has 0 unspecified atom stereocenters. The van der Waals surface area contributed by atoms with Crippen molar-refractivity contribution in [1.82, 2.24) is 29.5 Å². The van der Waals surface area contributed by atoms with Crippen molar-refractivity contribution in [2.75, 3.05) is 0 Å². The molecule has 0 aliphatic heterocycles. The fraction of sp³-hybridized carbons (Fsp3) is 0.125. The van der Waals surface area contributed by atoms with Gasteiger partial charge in [-0.3, -0.25) is 4.98 Å². The molecule has 0 N–H and O–H groups in total. The first-order chi connectivity index (χ1) is 14.8. The molecule has 0 saturated heterocycles. The molecule has 30 heavy (non-hydrogen) atoms. The minimum Gasteiger partial charge on any atom is -0.256 e. The molecular weight excluding hydrogens is 372 g/mol. The molecule has 1 aliphatic rings. The fourth-order valence-corrected chi connectivity index (χ4v) is 4.02. The first kappa shape index (κ1) is 17.0. The molecule has 0 saturated carbocycles. The maximum Gasteiger partial charge on any atom is 0.159 e. The lowest BCUT2D eigenvalue weighted by Crippen LogP contribution is -2.03. The molecule has 4 heterocycles. The Hall–Kier alpha value is -3.93. The average Bonchev–Trinajstić information content (AvgIpc) is 3.17. The zero-order valence-corrected chi connectivity index (χ0v) is 16.2. The molecule has 6 nitrogen and oxygen atoms in total. The van der Waals surface area contributed by atoms with Crippen molar-refractivity contribution in [3.05, 3.63) is 90.3 Å². The zero-order chi connectivity index (χ0) is 19.9. The van der Waals surface area contributed by atoms with E-state index < -0.39 is 0 Å². The number of hydrogen-bond acceptors (Lipinski definition) is 5. The van der Waals surface area contributed by atoms with Crippen LogP contribution in [0.5, 0.6) is 0 Å². The van der Waals surface area contributed by atoms with Crippen LogP contribution in [0.15, 0.2) is 73.3 Å². The smallest absolute Gasteiger partial charge is 0.159 e. The van der Waals surface area contributed by atoms with Crippen LogP contribution in [-0.4, -0.2) is 29.5 Å². The van der Waals surface area contributed by atoms with Crippen LogP contribution in [-0.2, 0) is 6.42 Å². The van der Waals surface area contributed by atoms with Crippen molar-refractivity contribution in [1.29, 1.82) is 0 Å². The second kappa shape index (κ2) is 6.84. The van der Waals surface area contributed by atoms with Gasteiger partial charge in [-0.15, -0.1) is 0 Å². The number of benzene rings is 1. The van der Waals surface area contributed by atoms with Gasteiger partial charge in [-0.1, -0.05) is 12.1 Å². The van der Waals surface area contributed by atoms with Crippen LogP contribution in [0.3, 0.4) is 0 Å². The Balaban J connectivity index is 1.44. The number of fused-ring (bicyclic) bond motifs is 3. The van der Waals surface area contributed by atoms with E-state index in [-0.39, 0.29) is 0 Å². The minimum absolute atomic E-state index is 0.750. The van der Waals surface area contributed by atoms with Crippen molar-refractivity contribution < 1.29 is 0 Å². The maximum absolute atomic E-state index is 4.96. The number of pyridine rings is 1. The number of nitrogens with zero attached hydrogens (tertiary/aromatic N) is 6. The monoisotopic (exact) mass is 390 g/mol. The zero-order valence-electron chi connectivity index (χ0n) is 16.2. The SMILES string of the molecule is C1=C(c2ccn3nccc3n2)c2cnc(-c3ccc4ncccc4c3)nc2CCC1. The van der Waals surface area contributed by atoms with E-state index in [0.29, 0.717) is 0 Å². The summed E-state index contributed by atoms with van der Waals surface area (Å²) in [4.78, 5) is 18.9. The number of allylic oxidation sites excluding steroid dienone is 1. The third-order valence-electron chi connectivity index (χ3n) is 5.52. The minimum atomic E-state index is 0.750. The third-order valence-corrected chi connectivity index (χ3v) is 5.52. The molecular formula is C24H18N6. The molecule has 0 bridgehead atoms. The van der Waals surface area contributed by atoms with E-state index in [9.17, 15) is 0 Å². The Bertz CT molecular complexity index is 1430. The predicted octanol–water partition coefficient (Wildman–Crippen LogP) is 4.50. The summed E-state index contributed by atoms with van der Waals surface area (Å²) in [5, 5.41) is 5.33. The normalized spacial score (nSPS) is 13.8. The summed E-state index contributed by atoms with van der Waals surface area (Å²) in [5.41, 5.74) is 6.98. The molecule has 6 rings (SSSR count). The molecule has 4 aromatic heterocycles. The van der Waals surface area contributed by atoms with Crippen LogP contribution < -0.4 is 0 Å². The van der Waals surface area contributed by atoms with Gasteiger partial charge < -0.3 is 0 Å². The first-order valence-electron chi connectivity index (χ1n) is 10.1. The number of rotatable bonds is 2. The predicted molar refractivity (Wildman–Crippen MR) is 116 cm³/mol. The Morgan fingerprint density at radius 2 is 1.93 bits per heavy atom. The van der Waals surface area contributed by atoms with Gasteiger partial charge in [0, 0.05) is 46.7 Å². The lowest BCUT2D eigenvalue weighted by molar-refractivity contribution is 0.822. The molecule has 0 fully saturated rings. The van der Waals surface area contributed by atoms with Crippen molar-refractivity contribution in [2.24, 2.45) is 0 Å². The number of aromatic nitrogens is 6. The summed E-state index contributed by atoms with van der Waals surface area (Å²) in [5.74, 6) is 0.750. The van der Waals surface area contributed by atoms with E-state index in [1.807, 2.05) is 48.9 Å². The van der Waals surface area contributed by atoms with Gasteiger partial charge in [0.15, 0.2) is 11.5 Å². The molecule has 0 atom stereocenters. The van der Waals surface area contributed by atoms with Crippen LogP contribution in [0.1, 0.15) is 29.8 Å². The van der Waals surface area contributed by atoms with Crippen molar-refractivity contribution in [3.63, 3.8) is 0 Å². The van der Waals surface area contributed by atoms with Crippen molar-refractivity contribution >= 4 is 22.1 Å². The number of hydrogen-bond donors (Lipinski definition) is 0. The van der Waals surface area contributed by atoms with E-state index in [1.165, 1.54) is 0 Å². The molecule has 0 amide bonds. The second-order valence-electron chi connectivity index (χ2n) is 7.42. The van der Waals surface area contributed by atoms with Gasteiger partial charge in [0.1, 0.15) is 0 Å². The summed E-state index contributed by atoms with van der Waals surface area (Å²) in [6.45, 7) is 0. The third kappa shape index (κ3) is 2.85. The van der Waals surface area contributed by atoms with Gasteiger partial charge in [-0.25, -0.2) is 19.5 Å². The van der Waals surface area contributed by atoms with E-state index in [4.69, 9.17) is 15.0 Å². The van der Waals surface area contributed by atoms with Crippen LogP contribution in [0.2, 0.25) is 0 Å². The molecule has 1 aliphatic carbocycles. The van der Waals surface area contributed by atoms with E-state index in [2.05, 4.69) is 28.3 Å². The Kier molecular flexibility index (Phi) is 3.87. The van der Waals surface area contributed by atoms with Crippen LogP contribution in [0, 0.1) is 0 Å². The van der Waals surface area contributed by atoms with Gasteiger partial charge in [0.2, 0.25) is 0 Å². The Morgan fingerprint density at radius 3 is 2.93 bits per heavy atom. The highest BCUT2D eigenvalue weighted by Crippen LogP contribution is 2.30. The van der Waals surface area contributed by atoms with Gasteiger partial charge >= 0.3 is 0 Å². The topological polar surface area (TPSA) is 68.9 Å². The van der Waals surface area contributed by atoms with Crippen molar-refractivity contribution in [3.8, 4) is 11.4 Å². The quantitative estimate of drug-likeness (QED) is 0.444. The highest BCUT2D eigenvalue weighted by Gasteiger charge is 2.18. The van der Waals surface area contributed by atoms with Gasteiger partial charge in [-0.05, 0) is 49.6 Å². The fourth-order valence-electron chi connectivity index (χ4n) is 4.02. The second-order valence-corrected chi connectivity index (χ2v) is 7.42. The molecule has 0 spiro atoms. The van der Waals surface area contributed by atoms with E-state index in [0.717, 1.165) is 69.7 Å². The standard InChI is InChI=1S/C24H18N6/c1-2-6-21-19(18(5-1)22-10-13-30-23(28-22)9-12-27-30)15-26-24(29-21)17-7-8-20-16(14-17)4-3-11-25-20/h3-5,7-15H,1-2,6H2.